The zero-order chi connectivity index (χ0) is 26.9. The van der Waals surface area contributed by atoms with E-state index in [0.717, 1.165) is 41.8 Å². The Balaban J connectivity index is 1.45. The summed E-state index contributed by atoms with van der Waals surface area (Å²) in [5.41, 5.74) is 7.05. The largest absolute Gasteiger partial charge is 0.465 e. The molecule has 0 unspecified atom stereocenters. The highest BCUT2D eigenvalue weighted by Gasteiger charge is 2.30. The van der Waals surface area contributed by atoms with E-state index in [1.54, 1.807) is 18.2 Å². The summed E-state index contributed by atoms with van der Waals surface area (Å²) in [5, 5.41) is 7.65. The molecule has 7 nitrogen and oxygen atoms in total. The number of carbonyl (C=O) groups excluding carboxylic acids is 2. The summed E-state index contributed by atoms with van der Waals surface area (Å²) in [4.78, 5) is 28.3. The van der Waals surface area contributed by atoms with Gasteiger partial charge in [-0.3, -0.25) is 9.69 Å². The number of anilines is 2. The van der Waals surface area contributed by atoms with Crippen LogP contribution >= 0.6 is 0 Å². The molecule has 198 valence electrons. The normalized spacial score (nSPS) is 16.6. The van der Waals surface area contributed by atoms with Crippen molar-refractivity contribution < 1.29 is 14.3 Å². The third kappa shape index (κ3) is 4.93. The van der Waals surface area contributed by atoms with Gasteiger partial charge in [-0.1, -0.05) is 24.6 Å². The fraction of sp³-hybridized carbons (Fsp3) is 0.250. The quantitative estimate of drug-likeness (QED) is 0.245. The van der Waals surface area contributed by atoms with Gasteiger partial charge >= 0.3 is 5.97 Å². The number of ether oxygens (including phenoxy) is 1. The van der Waals surface area contributed by atoms with Crippen molar-refractivity contribution in [1.82, 2.24) is 9.47 Å². The molecule has 1 fully saturated rings. The van der Waals surface area contributed by atoms with Crippen molar-refractivity contribution in [3.63, 3.8) is 0 Å². The molecule has 1 amide bonds. The van der Waals surface area contributed by atoms with Crippen LogP contribution < -0.4 is 10.6 Å². The van der Waals surface area contributed by atoms with Crippen LogP contribution in [0.5, 0.6) is 0 Å². The van der Waals surface area contributed by atoms with Gasteiger partial charge in [0.25, 0.3) is 5.91 Å². The third-order valence-electron chi connectivity index (χ3n) is 7.66. The molecule has 3 aromatic carbocycles. The van der Waals surface area contributed by atoms with E-state index < -0.39 is 5.97 Å². The van der Waals surface area contributed by atoms with E-state index in [2.05, 4.69) is 56.5 Å². The Morgan fingerprint density at radius 2 is 1.79 bits per heavy atom. The molecule has 0 radical (unpaired) electrons. The molecule has 39 heavy (non-hydrogen) atoms. The molecule has 2 aliphatic rings. The van der Waals surface area contributed by atoms with Gasteiger partial charge in [0, 0.05) is 47.6 Å². The third-order valence-corrected chi connectivity index (χ3v) is 7.66. The number of nitrogens with zero attached hydrogens (tertiary/aromatic N) is 2. The number of aryl methyl sites for hydroxylation is 1. The van der Waals surface area contributed by atoms with Crippen LogP contribution in [0, 0.1) is 0 Å². The summed E-state index contributed by atoms with van der Waals surface area (Å²) < 4.78 is 7.02. The van der Waals surface area contributed by atoms with Gasteiger partial charge in [-0.2, -0.15) is 0 Å². The van der Waals surface area contributed by atoms with Gasteiger partial charge in [-0.05, 0) is 85.6 Å². The van der Waals surface area contributed by atoms with Crippen LogP contribution in [0.3, 0.4) is 0 Å². The number of rotatable bonds is 6. The Morgan fingerprint density at radius 3 is 2.62 bits per heavy atom. The second-order valence-corrected chi connectivity index (χ2v) is 10.3. The molecule has 1 aromatic heterocycles. The lowest BCUT2D eigenvalue weighted by Crippen LogP contribution is -2.29. The number of hydrogen-bond donors (Lipinski definition) is 2. The number of esters is 1. The lowest BCUT2D eigenvalue weighted by Gasteiger charge is -2.26. The highest BCUT2D eigenvalue weighted by molar-refractivity contribution is 6.37. The van der Waals surface area contributed by atoms with Crippen LogP contribution in [0.2, 0.25) is 0 Å². The first-order chi connectivity index (χ1) is 19.0. The van der Waals surface area contributed by atoms with Crippen LogP contribution in [-0.4, -0.2) is 41.5 Å². The molecular weight excluding hydrogens is 488 g/mol. The number of nitrogens with one attached hydrogen (secondary N) is 2. The standard InChI is InChI=1S/C32H32N4O3/c1-35-16-13-22-18-23(10-12-28(22)35)30(29-26-19-24(32(38)39-2)9-11-27(26)34-31(29)37)33-25-8-6-7-21(17-25)20-36-14-4-3-5-15-36/h6-13,16-19,33H,3-5,14-15,20H2,1-2H3,(H,34,37)/b30-29-. The SMILES string of the molecule is COC(=O)c1ccc2c(c1)/C(=C(/Nc1cccc(CN3CCCCC3)c1)c1ccc3c(ccn3C)c1)C(=O)N2. The maximum Gasteiger partial charge on any atom is 0.337 e. The summed E-state index contributed by atoms with van der Waals surface area (Å²) in [6, 6.07) is 21.8. The Bertz CT molecular complexity index is 1610. The van der Waals surface area contributed by atoms with E-state index in [1.807, 2.05) is 25.4 Å². The molecule has 7 heteroatoms. The van der Waals surface area contributed by atoms with Crippen molar-refractivity contribution in [2.45, 2.75) is 25.8 Å². The summed E-state index contributed by atoms with van der Waals surface area (Å²) in [6.45, 7) is 3.16. The van der Waals surface area contributed by atoms with Crippen LogP contribution in [0.1, 0.15) is 46.3 Å². The highest BCUT2D eigenvalue weighted by atomic mass is 16.5. The number of methoxy groups -OCH3 is 1. The zero-order valence-corrected chi connectivity index (χ0v) is 22.3. The van der Waals surface area contributed by atoms with Gasteiger partial charge in [0.2, 0.25) is 0 Å². The number of fused-ring (bicyclic) bond motifs is 2. The summed E-state index contributed by atoms with van der Waals surface area (Å²) in [7, 11) is 3.37. The number of benzene rings is 3. The van der Waals surface area contributed by atoms with Crippen LogP contribution in [0.4, 0.5) is 11.4 Å². The maximum atomic E-state index is 13.4. The monoisotopic (exact) mass is 520 g/mol. The van der Waals surface area contributed by atoms with Gasteiger partial charge in [-0.25, -0.2) is 4.79 Å². The Morgan fingerprint density at radius 1 is 0.974 bits per heavy atom. The summed E-state index contributed by atoms with van der Waals surface area (Å²) >= 11 is 0. The number of likely N-dealkylation sites (tertiary alicyclic amines) is 1. The van der Waals surface area contributed by atoms with Gasteiger partial charge in [0.05, 0.1) is 23.9 Å². The van der Waals surface area contributed by atoms with Gasteiger partial charge in [-0.15, -0.1) is 0 Å². The molecule has 3 heterocycles. The molecule has 0 saturated carbocycles. The number of amides is 1. The smallest absolute Gasteiger partial charge is 0.337 e. The van der Waals surface area contributed by atoms with E-state index in [-0.39, 0.29) is 5.91 Å². The van der Waals surface area contributed by atoms with Crippen LogP contribution in [0.25, 0.3) is 22.2 Å². The minimum atomic E-state index is -0.442. The average Bonchev–Trinajstić information content (AvgIpc) is 3.49. The molecule has 1 saturated heterocycles. The van der Waals surface area contributed by atoms with Crippen molar-refractivity contribution in [2.24, 2.45) is 7.05 Å². The maximum absolute atomic E-state index is 13.4. The van der Waals surface area contributed by atoms with E-state index in [1.165, 1.54) is 31.9 Å². The molecule has 4 aromatic rings. The minimum absolute atomic E-state index is 0.216. The molecule has 6 rings (SSSR count). The fourth-order valence-electron chi connectivity index (χ4n) is 5.64. The number of aromatic nitrogens is 1. The highest BCUT2D eigenvalue weighted by Crippen LogP contribution is 2.39. The average molecular weight is 521 g/mol. The molecule has 0 bridgehead atoms. The molecule has 2 N–H and O–H groups in total. The molecule has 0 aliphatic carbocycles. The summed E-state index contributed by atoms with van der Waals surface area (Å²) in [5.74, 6) is -0.658. The van der Waals surface area contributed by atoms with E-state index in [4.69, 9.17) is 4.74 Å². The van der Waals surface area contributed by atoms with E-state index >= 15 is 0 Å². The zero-order valence-electron chi connectivity index (χ0n) is 22.3. The predicted octanol–water partition coefficient (Wildman–Crippen LogP) is 5.88. The molecule has 2 aliphatic heterocycles. The fourth-order valence-corrected chi connectivity index (χ4v) is 5.64. The Labute approximate surface area is 228 Å². The first kappa shape index (κ1) is 24.9. The van der Waals surface area contributed by atoms with E-state index in [0.29, 0.717) is 28.1 Å². The molecule has 0 atom stereocenters. The predicted molar refractivity (Wildman–Crippen MR) is 155 cm³/mol. The minimum Gasteiger partial charge on any atom is -0.465 e. The Kier molecular flexibility index (Phi) is 6.67. The molecular formula is C32H32N4O3. The van der Waals surface area contributed by atoms with Crippen molar-refractivity contribution in [3.8, 4) is 0 Å². The lowest BCUT2D eigenvalue weighted by atomic mass is 9.97. The van der Waals surface area contributed by atoms with Crippen LogP contribution in [0.15, 0.2) is 72.9 Å². The Hall–Kier alpha value is -4.36. The van der Waals surface area contributed by atoms with Crippen molar-refractivity contribution in [1.29, 1.82) is 0 Å². The second-order valence-electron chi connectivity index (χ2n) is 10.3. The second kappa shape index (κ2) is 10.4. The van der Waals surface area contributed by atoms with Gasteiger partial charge < -0.3 is 19.9 Å². The molecule has 0 spiro atoms. The lowest BCUT2D eigenvalue weighted by molar-refractivity contribution is -0.110. The number of piperidine rings is 1. The number of carbonyl (C=O) groups is 2. The topological polar surface area (TPSA) is 75.6 Å². The van der Waals surface area contributed by atoms with Crippen molar-refractivity contribution in [3.05, 3.63) is 95.2 Å². The first-order valence-electron chi connectivity index (χ1n) is 13.4. The van der Waals surface area contributed by atoms with Gasteiger partial charge in [0.15, 0.2) is 0 Å². The number of hydrogen-bond acceptors (Lipinski definition) is 5. The van der Waals surface area contributed by atoms with Gasteiger partial charge in [0.1, 0.15) is 0 Å². The van der Waals surface area contributed by atoms with Crippen molar-refractivity contribution >= 4 is 45.4 Å². The van der Waals surface area contributed by atoms with Crippen molar-refractivity contribution in [2.75, 3.05) is 30.8 Å². The van der Waals surface area contributed by atoms with Crippen LogP contribution in [-0.2, 0) is 23.1 Å². The first-order valence-corrected chi connectivity index (χ1v) is 13.4. The summed E-state index contributed by atoms with van der Waals surface area (Å²) in [6.07, 6.45) is 5.83. The van der Waals surface area contributed by atoms with E-state index in [9.17, 15) is 9.59 Å².